The van der Waals surface area contributed by atoms with E-state index < -0.39 is 5.41 Å². The third-order valence-corrected chi connectivity index (χ3v) is 5.90. The first kappa shape index (κ1) is 15.5. The maximum absolute atomic E-state index is 13.5. The van der Waals surface area contributed by atoms with Gasteiger partial charge >= 0.3 is 0 Å². The number of carbonyl (C=O) groups excluding carboxylic acids is 1. The Kier molecular flexibility index (Phi) is 3.36. The molecule has 5 rings (SSSR count). The number of halogens is 1. The van der Waals surface area contributed by atoms with E-state index in [4.69, 9.17) is 0 Å². The zero-order valence-electron chi connectivity index (χ0n) is 14.4. The van der Waals surface area contributed by atoms with Crippen LogP contribution in [0.1, 0.15) is 23.1 Å². The highest BCUT2D eigenvalue weighted by Gasteiger charge is 2.50. The molecule has 0 aromatic heterocycles. The van der Waals surface area contributed by atoms with Crippen LogP contribution in [0.2, 0.25) is 0 Å². The first-order chi connectivity index (χ1) is 12.6. The standard InChI is InChI=1S/C22H19FN2O/c23-19-4-1-16-12-22(13-18(16)11-19)8-10-25(21(22)26)20-5-2-15(3-6-20)17-7-9-24-14-17/h1-7,11,14H,8-10,12-13H2. The van der Waals surface area contributed by atoms with Crippen LogP contribution in [0.15, 0.2) is 53.5 Å². The van der Waals surface area contributed by atoms with Gasteiger partial charge in [0.1, 0.15) is 5.82 Å². The summed E-state index contributed by atoms with van der Waals surface area (Å²) in [7, 11) is 0. The number of anilines is 1. The zero-order chi connectivity index (χ0) is 17.7. The minimum absolute atomic E-state index is 0.170. The maximum atomic E-state index is 13.5. The smallest absolute Gasteiger partial charge is 0.233 e. The SMILES string of the molecule is O=C1N(c2ccc(C3=CCN=C3)cc2)CCC12Cc1ccc(F)cc1C2. The van der Waals surface area contributed by atoms with Crippen molar-refractivity contribution in [2.24, 2.45) is 10.4 Å². The minimum atomic E-state index is -0.393. The van der Waals surface area contributed by atoms with Gasteiger partial charge in [-0.15, -0.1) is 0 Å². The molecule has 0 bridgehead atoms. The second-order valence-corrected chi connectivity index (χ2v) is 7.45. The summed E-state index contributed by atoms with van der Waals surface area (Å²) in [6.07, 6.45) is 6.18. The molecule has 2 aromatic rings. The quantitative estimate of drug-likeness (QED) is 0.814. The van der Waals surface area contributed by atoms with Gasteiger partial charge in [-0.25, -0.2) is 4.39 Å². The van der Waals surface area contributed by atoms with E-state index in [0.29, 0.717) is 6.42 Å². The van der Waals surface area contributed by atoms with Crippen LogP contribution in [0.3, 0.4) is 0 Å². The number of allylic oxidation sites excluding steroid dienone is 1. The van der Waals surface area contributed by atoms with Crippen molar-refractivity contribution in [1.29, 1.82) is 0 Å². The van der Waals surface area contributed by atoms with Gasteiger partial charge in [0.2, 0.25) is 5.91 Å². The molecule has 3 aliphatic rings. The lowest BCUT2D eigenvalue weighted by atomic mass is 9.83. The second-order valence-electron chi connectivity index (χ2n) is 7.45. The number of aliphatic imine (C=N–C) groups is 1. The van der Waals surface area contributed by atoms with Crippen LogP contribution in [-0.4, -0.2) is 25.2 Å². The van der Waals surface area contributed by atoms with Gasteiger partial charge in [-0.1, -0.05) is 24.3 Å². The van der Waals surface area contributed by atoms with Crippen molar-refractivity contribution in [1.82, 2.24) is 0 Å². The Morgan fingerprint density at radius 3 is 2.62 bits per heavy atom. The van der Waals surface area contributed by atoms with Gasteiger partial charge in [0.25, 0.3) is 0 Å². The lowest BCUT2D eigenvalue weighted by Gasteiger charge is -2.23. The molecule has 26 heavy (non-hydrogen) atoms. The largest absolute Gasteiger partial charge is 0.312 e. The van der Waals surface area contributed by atoms with Gasteiger partial charge in [0.05, 0.1) is 12.0 Å². The number of benzene rings is 2. The highest BCUT2D eigenvalue weighted by Crippen LogP contribution is 2.46. The number of hydrogen-bond donors (Lipinski definition) is 0. The van der Waals surface area contributed by atoms with E-state index in [2.05, 4.69) is 23.2 Å². The van der Waals surface area contributed by atoms with E-state index >= 15 is 0 Å². The molecular formula is C22H19FN2O. The van der Waals surface area contributed by atoms with E-state index in [9.17, 15) is 9.18 Å². The zero-order valence-corrected chi connectivity index (χ0v) is 14.4. The highest BCUT2D eigenvalue weighted by atomic mass is 19.1. The molecule has 1 amide bonds. The Bertz CT molecular complexity index is 961. The average molecular weight is 346 g/mol. The van der Waals surface area contributed by atoms with Gasteiger partial charge < -0.3 is 4.90 Å². The van der Waals surface area contributed by atoms with Gasteiger partial charge in [-0.05, 0) is 65.8 Å². The van der Waals surface area contributed by atoms with Crippen molar-refractivity contribution in [3.05, 3.63) is 71.0 Å². The summed E-state index contributed by atoms with van der Waals surface area (Å²) in [4.78, 5) is 19.3. The Labute approximate surface area is 151 Å². The molecule has 1 unspecified atom stereocenters. The molecule has 0 N–H and O–H groups in total. The average Bonchev–Trinajstić information content (AvgIpc) is 3.36. The summed E-state index contributed by atoms with van der Waals surface area (Å²) >= 11 is 0. The molecule has 1 atom stereocenters. The molecule has 2 heterocycles. The first-order valence-corrected chi connectivity index (χ1v) is 9.04. The summed E-state index contributed by atoms with van der Waals surface area (Å²) < 4.78 is 13.5. The molecule has 130 valence electrons. The Balaban J connectivity index is 1.39. The fourth-order valence-corrected chi connectivity index (χ4v) is 4.50. The summed E-state index contributed by atoms with van der Waals surface area (Å²) in [6.45, 7) is 1.46. The van der Waals surface area contributed by atoms with Gasteiger partial charge in [0.15, 0.2) is 0 Å². The van der Waals surface area contributed by atoms with Crippen LogP contribution >= 0.6 is 0 Å². The molecule has 2 aliphatic heterocycles. The van der Waals surface area contributed by atoms with E-state index in [-0.39, 0.29) is 11.7 Å². The third-order valence-electron chi connectivity index (χ3n) is 5.90. The summed E-state index contributed by atoms with van der Waals surface area (Å²) in [6, 6.07) is 13.1. The Morgan fingerprint density at radius 1 is 1.04 bits per heavy atom. The molecule has 0 saturated carbocycles. The van der Waals surface area contributed by atoms with E-state index in [1.54, 1.807) is 6.07 Å². The number of amides is 1. The molecule has 1 spiro atoms. The Hall–Kier alpha value is -2.75. The fourth-order valence-electron chi connectivity index (χ4n) is 4.50. The normalized spacial score (nSPS) is 23.8. The molecule has 3 nitrogen and oxygen atoms in total. The minimum Gasteiger partial charge on any atom is -0.312 e. The number of hydrogen-bond acceptors (Lipinski definition) is 2. The topological polar surface area (TPSA) is 32.7 Å². The molecular weight excluding hydrogens is 327 g/mol. The van der Waals surface area contributed by atoms with Crippen molar-refractivity contribution in [2.45, 2.75) is 19.3 Å². The second kappa shape index (κ2) is 5.63. The van der Waals surface area contributed by atoms with Crippen LogP contribution < -0.4 is 4.90 Å². The Morgan fingerprint density at radius 2 is 1.85 bits per heavy atom. The lowest BCUT2D eigenvalue weighted by Crippen LogP contribution is -2.35. The lowest BCUT2D eigenvalue weighted by molar-refractivity contribution is -0.125. The van der Waals surface area contributed by atoms with Crippen LogP contribution in [-0.2, 0) is 17.6 Å². The van der Waals surface area contributed by atoms with Crippen LogP contribution in [0.25, 0.3) is 5.57 Å². The van der Waals surface area contributed by atoms with Crippen molar-refractivity contribution in [3.63, 3.8) is 0 Å². The van der Waals surface area contributed by atoms with Gasteiger partial charge in [0, 0.05) is 18.4 Å². The number of rotatable bonds is 2. The summed E-state index contributed by atoms with van der Waals surface area (Å²) in [5.74, 6) is -0.0491. The molecule has 1 aliphatic carbocycles. The molecule has 1 fully saturated rings. The van der Waals surface area contributed by atoms with E-state index in [0.717, 1.165) is 53.9 Å². The van der Waals surface area contributed by atoms with Crippen LogP contribution in [0.4, 0.5) is 10.1 Å². The predicted octanol–water partition coefficient (Wildman–Crippen LogP) is 3.82. The predicted molar refractivity (Wildman–Crippen MR) is 101 cm³/mol. The summed E-state index contributed by atoms with van der Waals surface area (Å²) in [5.41, 5.74) is 4.91. The monoisotopic (exact) mass is 346 g/mol. The first-order valence-electron chi connectivity index (χ1n) is 9.04. The number of fused-ring (bicyclic) bond motifs is 1. The van der Waals surface area contributed by atoms with Crippen molar-refractivity contribution in [2.75, 3.05) is 18.0 Å². The number of nitrogens with zero attached hydrogens (tertiary/aromatic N) is 2. The summed E-state index contributed by atoms with van der Waals surface area (Å²) in [5, 5.41) is 0. The number of carbonyl (C=O) groups is 1. The molecule has 0 radical (unpaired) electrons. The van der Waals surface area contributed by atoms with E-state index in [1.807, 2.05) is 29.3 Å². The van der Waals surface area contributed by atoms with E-state index in [1.165, 1.54) is 6.07 Å². The van der Waals surface area contributed by atoms with Crippen molar-refractivity contribution >= 4 is 23.4 Å². The molecule has 2 aromatic carbocycles. The van der Waals surface area contributed by atoms with Gasteiger partial charge in [-0.3, -0.25) is 9.79 Å². The molecule has 4 heteroatoms. The third kappa shape index (κ3) is 2.32. The van der Waals surface area contributed by atoms with Crippen LogP contribution in [0, 0.1) is 11.2 Å². The van der Waals surface area contributed by atoms with Crippen LogP contribution in [0.5, 0.6) is 0 Å². The highest BCUT2D eigenvalue weighted by molar-refractivity contribution is 6.11. The van der Waals surface area contributed by atoms with Crippen molar-refractivity contribution in [3.8, 4) is 0 Å². The fraction of sp³-hybridized carbons (Fsp3) is 0.273. The maximum Gasteiger partial charge on any atom is 0.233 e. The van der Waals surface area contributed by atoms with Crippen molar-refractivity contribution < 1.29 is 9.18 Å². The molecule has 1 saturated heterocycles. The van der Waals surface area contributed by atoms with Gasteiger partial charge in [-0.2, -0.15) is 0 Å².